The van der Waals surface area contributed by atoms with Crippen molar-refractivity contribution in [3.05, 3.63) is 83.3 Å². The number of hydrogen-bond donors (Lipinski definition) is 1. The molecule has 0 spiro atoms. The van der Waals surface area contributed by atoms with Gasteiger partial charge in [-0.3, -0.25) is 4.90 Å². The van der Waals surface area contributed by atoms with E-state index in [1.807, 2.05) is 18.2 Å². The van der Waals surface area contributed by atoms with Gasteiger partial charge in [0.05, 0.1) is 5.69 Å². The lowest BCUT2D eigenvalue weighted by molar-refractivity contribution is 0.218. The van der Waals surface area contributed by atoms with Gasteiger partial charge in [0.15, 0.2) is 0 Å². The molecule has 2 aromatic carbocycles. The minimum atomic E-state index is -1.90. The molecule has 2 fully saturated rings. The maximum Gasteiger partial charge on any atom is 0.128 e. The van der Waals surface area contributed by atoms with Gasteiger partial charge >= 0.3 is 0 Å². The van der Waals surface area contributed by atoms with Crippen LogP contribution in [0.15, 0.2) is 54.7 Å². The van der Waals surface area contributed by atoms with Gasteiger partial charge in [0.25, 0.3) is 0 Å². The Hall–Kier alpha value is -2.70. The molecule has 160 valence electrons. The number of nitrogens with one attached hydrogen (secondary N) is 1. The van der Waals surface area contributed by atoms with Crippen LogP contribution in [0.1, 0.15) is 32.5 Å². The molecule has 0 saturated carbocycles. The highest BCUT2D eigenvalue weighted by molar-refractivity contribution is 5.59. The molecule has 2 atom stereocenters. The number of hydrogen-bond acceptors (Lipinski definition) is 4. The summed E-state index contributed by atoms with van der Waals surface area (Å²) >= 11 is 0. The monoisotopic (exact) mass is 422 g/mol. The number of fused-ring (bicyclic) bond motifs is 2. The molecular formula is C25H26F2N4. The van der Waals surface area contributed by atoms with E-state index in [0.29, 0.717) is 17.9 Å². The summed E-state index contributed by atoms with van der Waals surface area (Å²) < 4.78 is 43.6. The van der Waals surface area contributed by atoms with E-state index < -0.39 is 18.0 Å². The molecule has 0 radical (unpaired) electrons. The standard InChI is InChI=1S/C25H26F2N4/c26-20-10-17(11-21(27)12-20)3-2-6-25-28-8-7-24(30-25)19-5-1-4-18(9-19)15-31-16-22-13-23(31)14-29-22/h1,4-5,7-12,22-23,29H,2-3,6,13-16H2/i3D2. The number of nitrogens with zero attached hydrogens (tertiary/aromatic N) is 3. The Morgan fingerprint density at radius 2 is 1.97 bits per heavy atom. The second-order valence-electron chi connectivity index (χ2n) is 8.32. The molecule has 1 N–H and O–H groups in total. The largest absolute Gasteiger partial charge is 0.311 e. The van der Waals surface area contributed by atoms with Crippen molar-refractivity contribution in [1.29, 1.82) is 0 Å². The van der Waals surface area contributed by atoms with Crippen molar-refractivity contribution in [2.45, 2.75) is 44.3 Å². The molecule has 4 nitrogen and oxygen atoms in total. The summed E-state index contributed by atoms with van der Waals surface area (Å²) in [5.74, 6) is -1.07. The summed E-state index contributed by atoms with van der Waals surface area (Å²) in [6.45, 7) is 3.07. The first-order chi connectivity index (χ1) is 15.9. The number of halogens is 2. The molecule has 2 saturated heterocycles. The van der Waals surface area contributed by atoms with Crippen LogP contribution in [0.5, 0.6) is 0 Å². The predicted molar refractivity (Wildman–Crippen MR) is 116 cm³/mol. The van der Waals surface area contributed by atoms with E-state index in [0.717, 1.165) is 49.1 Å². The third kappa shape index (κ3) is 4.81. The number of likely N-dealkylation sites (tertiary alicyclic amines) is 1. The van der Waals surface area contributed by atoms with Crippen molar-refractivity contribution in [3.63, 3.8) is 0 Å². The van der Waals surface area contributed by atoms with Crippen LogP contribution in [-0.4, -0.2) is 40.0 Å². The van der Waals surface area contributed by atoms with Crippen molar-refractivity contribution in [1.82, 2.24) is 20.2 Å². The van der Waals surface area contributed by atoms with Crippen molar-refractivity contribution in [2.24, 2.45) is 0 Å². The van der Waals surface area contributed by atoms with E-state index in [-0.39, 0.29) is 18.4 Å². The van der Waals surface area contributed by atoms with Crippen LogP contribution in [0.3, 0.4) is 0 Å². The van der Waals surface area contributed by atoms with Gasteiger partial charge in [0.2, 0.25) is 0 Å². The molecule has 3 heterocycles. The van der Waals surface area contributed by atoms with Crippen LogP contribution < -0.4 is 5.32 Å². The van der Waals surface area contributed by atoms with E-state index in [1.165, 1.54) is 12.0 Å². The highest BCUT2D eigenvalue weighted by Gasteiger charge is 2.37. The SMILES string of the molecule is [2H]C([2H])(CCc1nccc(-c2cccc(CN3CC4CC3CN4)c2)n1)c1cc(F)cc(F)c1. The van der Waals surface area contributed by atoms with Crippen molar-refractivity contribution in [2.75, 3.05) is 13.1 Å². The molecule has 2 bridgehead atoms. The molecule has 5 rings (SSSR count). The molecule has 2 aliphatic rings. The Morgan fingerprint density at radius 1 is 1.10 bits per heavy atom. The first kappa shape index (κ1) is 17.9. The number of piperazine rings is 1. The lowest BCUT2D eigenvalue weighted by Gasteiger charge is -2.27. The molecule has 3 aromatic rings. The van der Waals surface area contributed by atoms with Crippen LogP contribution in [-0.2, 0) is 19.3 Å². The minimum absolute atomic E-state index is 0.0188. The molecule has 31 heavy (non-hydrogen) atoms. The van der Waals surface area contributed by atoms with Gasteiger partial charge in [-0.25, -0.2) is 18.7 Å². The number of aromatic nitrogens is 2. The van der Waals surface area contributed by atoms with Crippen molar-refractivity contribution >= 4 is 0 Å². The quantitative estimate of drug-likeness (QED) is 0.621. The molecule has 2 aliphatic heterocycles. The number of aryl methyl sites for hydroxylation is 2. The summed E-state index contributed by atoms with van der Waals surface area (Å²) in [6.07, 6.45) is 1.28. The second-order valence-corrected chi connectivity index (χ2v) is 8.32. The summed E-state index contributed by atoms with van der Waals surface area (Å²) in [7, 11) is 0. The molecule has 0 aliphatic carbocycles. The Morgan fingerprint density at radius 3 is 2.74 bits per heavy atom. The molecular weight excluding hydrogens is 394 g/mol. The van der Waals surface area contributed by atoms with Crippen LogP contribution in [0.4, 0.5) is 8.78 Å². The predicted octanol–water partition coefficient (Wildman–Crippen LogP) is 4.14. The highest BCUT2D eigenvalue weighted by atomic mass is 19.1. The fraction of sp³-hybridized carbons (Fsp3) is 0.360. The Balaban J connectivity index is 1.28. The first-order valence-electron chi connectivity index (χ1n) is 11.7. The maximum atomic E-state index is 13.5. The zero-order valence-corrected chi connectivity index (χ0v) is 17.2. The Bertz CT molecular complexity index is 1140. The fourth-order valence-electron chi connectivity index (χ4n) is 4.56. The van der Waals surface area contributed by atoms with E-state index in [2.05, 4.69) is 32.3 Å². The van der Waals surface area contributed by atoms with E-state index in [1.54, 1.807) is 6.20 Å². The van der Waals surface area contributed by atoms with Gasteiger partial charge in [0.1, 0.15) is 17.5 Å². The second kappa shape index (κ2) is 8.81. The highest BCUT2D eigenvalue weighted by Crippen LogP contribution is 2.26. The first-order valence-corrected chi connectivity index (χ1v) is 10.7. The van der Waals surface area contributed by atoms with Crippen LogP contribution in [0, 0.1) is 11.6 Å². The Kier molecular flexibility index (Phi) is 5.09. The molecule has 6 heteroatoms. The normalized spacial score (nSPS) is 21.9. The topological polar surface area (TPSA) is 41.1 Å². The summed E-state index contributed by atoms with van der Waals surface area (Å²) in [4.78, 5) is 11.5. The lowest BCUT2D eigenvalue weighted by Crippen LogP contribution is -2.42. The third-order valence-electron chi connectivity index (χ3n) is 6.02. The summed E-state index contributed by atoms with van der Waals surface area (Å²) in [5, 5.41) is 3.53. The van der Waals surface area contributed by atoms with Gasteiger partial charge in [-0.05, 0) is 54.6 Å². The van der Waals surface area contributed by atoms with Gasteiger partial charge in [-0.15, -0.1) is 0 Å². The molecule has 0 amide bonds. The smallest absolute Gasteiger partial charge is 0.128 e. The minimum Gasteiger partial charge on any atom is -0.311 e. The molecule has 1 aromatic heterocycles. The number of rotatable bonds is 7. The van der Waals surface area contributed by atoms with Crippen LogP contribution >= 0.6 is 0 Å². The van der Waals surface area contributed by atoms with E-state index >= 15 is 0 Å². The number of benzene rings is 2. The van der Waals surface area contributed by atoms with Crippen molar-refractivity contribution < 1.29 is 11.5 Å². The zero-order chi connectivity index (χ0) is 23.0. The van der Waals surface area contributed by atoms with Gasteiger partial charge in [0, 0.05) is 58.7 Å². The average molecular weight is 423 g/mol. The summed E-state index contributed by atoms with van der Waals surface area (Å²) in [6, 6.07) is 14.2. The molecule has 2 unspecified atom stereocenters. The third-order valence-corrected chi connectivity index (χ3v) is 6.02. The summed E-state index contributed by atoms with van der Waals surface area (Å²) in [5.41, 5.74) is 3.00. The Labute approximate surface area is 184 Å². The maximum absolute atomic E-state index is 13.5. The van der Waals surface area contributed by atoms with Gasteiger partial charge < -0.3 is 5.32 Å². The van der Waals surface area contributed by atoms with Crippen LogP contribution in [0.2, 0.25) is 0 Å². The van der Waals surface area contributed by atoms with Gasteiger partial charge in [-0.2, -0.15) is 0 Å². The average Bonchev–Trinajstić information content (AvgIpc) is 3.41. The zero-order valence-electron chi connectivity index (χ0n) is 19.2. The van der Waals surface area contributed by atoms with Gasteiger partial charge in [-0.1, -0.05) is 18.2 Å². The van der Waals surface area contributed by atoms with Crippen LogP contribution in [0.25, 0.3) is 11.3 Å². The fourth-order valence-corrected chi connectivity index (χ4v) is 4.56. The van der Waals surface area contributed by atoms with E-state index in [4.69, 9.17) is 2.74 Å². The lowest BCUT2D eigenvalue weighted by atomic mass is 10.1. The van der Waals surface area contributed by atoms with E-state index in [9.17, 15) is 8.78 Å². The van der Waals surface area contributed by atoms with Crippen molar-refractivity contribution in [3.8, 4) is 11.3 Å².